The number of nitrogens with zero attached hydrogens (tertiary/aromatic N) is 2. The van der Waals surface area contributed by atoms with E-state index < -0.39 is 22.9 Å². The molecule has 1 N–H and O–H groups in total. The number of carbonyl (C=O) groups is 1. The Labute approximate surface area is 143 Å². The van der Waals surface area contributed by atoms with Crippen LogP contribution in [0.15, 0.2) is 40.5 Å². The summed E-state index contributed by atoms with van der Waals surface area (Å²) in [6.45, 7) is 2.64. The van der Waals surface area contributed by atoms with Gasteiger partial charge in [0.25, 0.3) is 6.04 Å². The minimum Gasteiger partial charge on any atom is -0.460 e. The summed E-state index contributed by atoms with van der Waals surface area (Å²) in [5.74, 6) is -1.59. The van der Waals surface area contributed by atoms with Crippen LogP contribution in [0.4, 0.5) is 0 Å². The lowest BCUT2D eigenvalue weighted by atomic mass is 9.80. The molecule has 0 spiro atoms. The maximum absolute atomic E-state index is 12.4. The molecule has 2 rings (SSSR count). The second-order valence-electron chi connectivity index (χ2n) is 5.37. The van der Waals surface area contributed by atoms with Crippen molar-refractivity contribution in [2.45, 2.75) is 25.8 Å². The molecule has 0 saturated carbocycles. The summed E-state index contributed by atoms with van der Waals surface area (Å²) >= 11 is 6.01. The number of esters is 1. The van der Waals surface area contributed by atoms with Gasteiger partial charge in [0.1, 0.15) is 6.61 Å². The molecule has 0 aliphatic carbocycles. The van der Waals surface area contributed by atoms with E-state index in [4.69, 9.17) is 21.4 Å². The molecule has 1 aliphatic rings. The first kappa shape index (κ1) is 18.1. The van der Waals surface area contributed by atoms with Crippen LogP contribution < -0.4 is 0 Å². The van der Waals surface area contributed by atoms with Gasteiger partial charge in [-0.1, -0.05) is 23.7 Å². The molecule has 2 unspecified atom stereocenters. The number of carbonyl (C=O) groups excluding carboxylic acids is 1. The maximum Gasteiger partial charge on any atom is 0.336 e. The van der Waals surface area contributed by atoms with Gasteiger partial charge in [-0.3, -0.25) is 15.1 Å². The average Bonchev–Trinajstić information content (AvgIpc) is 2.51. The third-order valence-electron chi connectivity index (χ3n) is 3.77. The van der Waals surface area contributed by atoms with Crippen LogP contribution in [0.1, 0.15) is 25.3 Å². The van der Waals surface area contributed by atoms with Crippen molar-refractivity contribution < 1.29 is 19.6 Å². The van der Waals surface area contributed by atoms with E-state index >= 15 is 0 Å². The van der Waals surface area contributed by atoms with Gasteiger partial charge in [-0.15, -0.1) is 0 Å². The molecule has 0 radical (unpaired) electrons. The number of hydrogen-bond donors (Lipinski definition) is 1. The second-order valence-corrected chi connectivity index (χ2v) is 5.81. The fraction of sp³-hybridized carbons (Fsp3) is 0.375. The standard InChI is InChI=1S/C16H17ClN2O5/c1-9-13(16(21)24-7-6-20)14(11-4-3-5-12(17)8-11)15(19(22)23)10(2)18-9/h3-5,8,14-15,20H,6-7H2,1-2H3. The number of halogens is 1. The molecule has 1 aromatic carbocycles. The monoisotopic (exact) mass is 352 g/mol. The van der Waals surface area contributed by atoms with Gasteiger partial charge >= 0.3 is 5.97 Å². The number of rotatable bonds is 5. The molecular weight excluding hydrogens is 336 g/mol. The summed E-state index contributed by atoms with van der Waals surface area (Å²) in [4.78, 5) is 27.7. The molecule has 24 heavy (non-hydrogen) atoms. The summed E-state index contributed by atoms with van der Waals surface area (Å²) in [5, 5.41) is 20.8. The quantitative estimate of drug-likeness (QED) is 0.498. The van der Waals surface area contributed by atoms with E-state index in [1.165, 1.54) is 0 Å². The average molecular weight is 353 g/mol. The van der Waals surface area contributed by atoms with Crippen molar-refractivity contribution in [3.63, 3.8) is 0 Å². The molecule has 0 amide bonds. The molecular formula is C16H17ClN2O5. The normalized spacial score (nSPS) is 20.6. The first-order chi connectivity index (χ1) is 11.4. The van der Waals surface area contributed by atoms with Crippen LogP contribution >= 0.6 is 11.6 Å². The topological polar surface area (TPSA) is 102 Å². The van der Waals surface area contributed by atoms with Crippen molar-refractivity contribution in [3.8, 4) is 0 Å². The van der Waals surface area contributed by atoms with E-state index in [-0.39, 0.29) is 18.8 Å². The van der Waals surface area contributed by atoms with Crippen molar-refractivity contribution in [2.75, 3.05) is 13.2 Å². The Morgan fingerprint density at radius 1 is 1.46 bits per heavy atom. The molecule has 0 fully saturated rings. The summed E-state index contributed by atoms with van der Waals surface area (Å²) in [6, 6.07) is 5.40. The number of nitro groups is 1. The smallest absolute Gasteiger partial charge is 0.336 e. The summed E-state index contributed by atoms with van der Waals surface area (Å²) < 4.78 is 4.97. The Balaban J connectivity index is 2.59. The lowest BCUT2D eigenvalue weighted by molar-refractivity contribution is -0.505. The summed E-state index contributed by atoms with van der Waals surface area (Å²) in [6.07, 6.45) is 0. The third-order valence-corrected chi connectivity index (χ3v) is 4.00. The Kier molecular flexibility index (Phi) is 5.69. The van der Waals surface area contributed by atoms with Crippen molar-refractivity contribution in [2.24, 2.45) is 4.99 Å². The van der Waals surface area contributed by atoms with Gasteiger partial charge in [0.05, 0.1) is 23.8 Å². The van der Waals surface area contributed by atoms with E-state index in [0.717, 1.165) is 0 Å². The van der Waals surface area contributed by atoms with E-state index in [1.807, 2.05) is 0 Å². The zero-order valence-electron chi connectivity index (χ0n) is 13.2. The number of aliphatic hydroxyl groups is 1. The van der Waals surface area contributed by atoms with Crippen molar-refractivity contribution in [1.82, 2.24) is 0 Å². The number of benzene rings is 1. The Morgan fingerprint density at radius 2 is 2.17 bits per heavy atom. The molecule has 7 nitrogen and oxygen atoms in total. The minimum atomic E-state index is -1.19. The molecule has 1 aliphatic heterocycles. The van der Waals surface area contributed by atoms with Crippen LogP contribution in [-0.2, 0) is 9.53 Å². The van der Waals surface area contributed by atoms with Gasteiger partial charge in [0.2, 0.25) is 0 Å². The Morgan fingerprint density at radius 3 is 2.75 bits per heavy atom. The van der Waals surface area contributed by atoms with Crippen LogP contribution in [0, 0.1) is 10.1 Å². The first-order valence-electron chi connectivity index (χ1n) is 7.29. The fourth-order valence-corrected chi connectivity index (χ4v) is 3.03. The number of aliphatic hydroxyl groups excluding tert-OH is 1. The van der Waals surface area contributed by atoms with Crippen molar-refractivity contribution >= 4 is 23.3 Å². The molecule has 1 aromatic rings. The lowest BCUT2D eigenvalue weighted by Crippen LogP contribution is -2.40. The van der Waals surface area contributed by atoms with Gasteiger partial charge in [0, 0.05) is 15.6 Å². The molecule has 1 heterocycles. The first-order valence-corrected chi connectivity index (χ1v) is 7.67. The van der Waals surface area contributed by atoms with Gasteiger partial charge in [-0.25, -0.2) is 4.79 Å². The number of allylic oxidation sites excluding steroid dienone is 1. The zero-order valence-corrected chi connectivity index (χ0v) is 14.0. The van der Waals surface area contributed by atoms with Gasteiger partial charge in [-0.2, -0.15) is 0 Å². The fourth-order valence-electron chi connectivity index (χ4n) is 2.83. The summed E-state index contributed by atoms with van der Waals surface area (Å²) in [5.41, 5.74) is 1.31. The number of ether oxygens (including phenoxy) is 1. The number of aliphatic imine (C=N–C) groups is 1. The highest BCUT2D eigenvalue weighted by Crippen LogP contribution is 2.37. The van der Waals surface area contributed by atoms with Crippen LogP contribution in [0.25, 0.3) is 0 Å². The molecule has 0 aromatic heterocycles. The predicted octanol–water partition coefficient (Wildman–Crippen LogP) is 2.35. The van der Waals surface area contributed by atoms with E-state index in [0.29, 0.717) is 22.0 Å². The van der Waals surface area contributed by atoms with Crippen LogP contribution in [0.5, 0.6) is 0 Å². The van der Waals surface area contributed by atoms with Crippen molar-refractivity contribution in [3.05, 3.63) is 56.2 Å². The molecule has 2 atom stereocenters. The minimum absolute atomic E-state index is 0.109. The highest BCUT2D eigenvalue weighted by Gasteiger charge is 2.44. The van der Waals surface area contributed by atoms with E-state index in [2.05, 4.69) is 4.99 Å². The number of hydrogen-bond acceptors (Lipinski definition) is 6. The molecule has 0 saturated heterocycles. The van der Waals surface area contributed by atoms with Gasteiger partial charge < -0.3 is 9.84 Å². The maximum atomic E-state index is 12.4. The molecule has 128 valence electrons. The highest BCUT2D eigenvalue weighted by molar-refractivity contribution is 6.30. The SMILES string of the molecule is CC1=NC(C)=C(C(=O)OCCO)C(c2cccc(Cl)c2)C1[N+](=O)[O-]. The third kappa shape index (κ3) is 3.63. The molecule has 0 bridgehead atoms. The van der Waals surface area contributed by atoms with Crippen LogP contribution in [0.3, 0.4) is 0 Å². The second kappa shape index (κ2) is 7.55. The van der Waals surface area contributed by atoms with E-state index in [9.17, 15) is 14.9 Å². The zero-order chi connectivity index (χ0) is 17.9. The largest absolute Gasteiger partial charge is 0.460 e. The Bertz CT molecular complexity index is 729. The highest BCUT2D eigenvalue weighted by atomic mass is 35.5. The van der Waals surface area contributed by atoms with Crippen LogP contribution in [0.2, 0.25) is 5.02 Å². The van der Waals surface area contributed by atoms with Gasteiger partial charge in [0.15, 0.2) is 0 Å². The Hall–Kier alpha value is -2.25. The molecule has 8 heteroatoms. The summed E-state index contributed by atoms with van der Waals surface area (Å²) in [7, 11) is 0. The predicted molar refractivity (Wildman–Crippen MR) is 88.8 cm³/mol. The van der Waals surface area contributed by atoms with Crippen LogP contribution in [-0.4, -0.2) is 41.0 Å². The van der Waals surface area contributed by atoms with Gasteiger partial charge in [-0.05, 0) is 31.5 Å². The van der Waals surface area contributed by atoms with Crippen molar-refractivity contribution in [1.29, 1.82) is 0 Å². The lowest BCUT2D eigenvalue weighted by Gasteiger charge is -2.27. The van der Waals surface area contributed by atoms with E-state index in [1.54, 1.807) is 38.1 Å².